The average molecular weight is 384 g/mol. The van der Waals surface area contributed by atoms with Crippen LogP contribution in [-0.4, -0.2) is 11.9 Å². The predicted molar refractivity (Wildman–Crippen MR) is 77.8 cm³/mol. The lowest BCUT2D eigenvalue weighted by molar-refractivity contribution is -0.254. The Morgan fingerprint density at radius 3 is 2.35 bits per heavy atom. The SMILES string of the molecule is O=C(Nc1ccc(I)cc1C(=O)[O-])c1ccc(F)cc1. The minimum Gasteiger partial charge on any atom is -0.545 e. The number of hydrogen-bond donors (Lipinski definition) is 1. The average Bonchev–Trinajstić information content (AvgIpc) is 2.41. The van der Waals surface area contributed by atoms with Crippen LogP contribution in [0.1, 0.15) is 20.7 Å². The summed E-state index contributed by atoms with van der Waals surface area (Å²) < 4.78 is 13.5. The number of carboxylic acid groups (broad SMARTS) is 1. The number of carbonyl (C=O) groups is 2. The first-order valence-electron chi connectivity index (χ1n) is 5.55. The van der Waals surface area contributed by atoms with Gasteiger partial charge in [0.15, 0.2) is 0 Å². The second-order valence-electron chi connectivity index (χ2n) is 3.94. The van der Waals surface area contributed by atoms with E-state index < -0.39 is 17.7 Å². The van der Waals surface area contributed by atoms with E-state index in [0.717, 1.165) is 12.1 Å². The molecule has 0 aliphatic heterocycles. The van der Waals surface area contributed by atoms with Gasteiger partial charge in [-0.1, -0.05) is 0 Å². The summed E-state index contributed by atoms with van der Waals surface area (Å²) in [5, 5.41) is 13.5. The Kier molecular flexibility index (Phi) is 4.33. The van der Waals surface area contributed by atoms with Gasteiger partial charge in [0, 0.05) is 14.7 Å². The second kappa shape index (κ2) is 6.00. The molecule has 0 heterocycles. The van der Waals surface area contributed by atoms with Crippen molar-refractivity contribution in [1.82, 2.24) is 0 Å². The standard InChI is InChI=1S/C14H9FINO3/c15-9-3-1-8(2-4-9)13(18)17-12-6-5-10(16)7-11(12)14(19)20/h1-7H,(H,17,18)(H,19,20)/p-1. The molecule has 20 heavy (non-hydrogen) atoms. The maximum Gasteiger partial charge on any atom is 0.255 e. The van der Waals surface area contributed by atoms with Gasteiger partial charge in [0.25, 0.3) is 5.91 Å². The van der Waals surface area contributed by atoms with Gasteiger partial charge in [0.05, 0.1) is 11.7 Å². The van der Waals surface area contributed by atoms with Gasteiger partial charge in [-0.15, -0.1) is 0 Å². The van der Waals surface area contributed by atoms with Crippen LogP contribution in [0.5, 0.6) is 0 Å². The minimum atomic E-state index is -1.38. The summed E-state index contributed by atoms with van der Waals surface area (Å²) in [6.45, 7) is 0. The number of halogens is 2. The molecule has 0 spiro atoms. The summed E-state index contributed by atoms with van der Waals surface area (Å²) in [6, 6.07) is 9.48. The Bertz CT molecular complexity index is 671. The quantitative estimate of drug-likeness (QED) is 0.824. The van der Waals surface area contributed by atoms with Crippen LogP contribution in [0, 0.1) is 9.39 Å². The van der Waals surface area contributed by atoms with Crippen molar-refractivity contribution < 1.29 is 19.1 Å². The van der Waals surface area contributed by atoms with Gasteiger partial charge in [0.1, 0.15) is 5.82 Å². The minimum absolute atomic E-state index is 0.104. The van der Waals surface area contributed by atoms with E-state index in [1.807, 2.05) is 22.6 Å². The van der Waals surface area contributed by atoms with Crippen molar-refractivity contribution in [2.45, 2.75) is 0 Å². The summed E-state index contributed by atoms with van der Waals surface area (Å²) >= 11 is 1.96. The molecule has 0 aliphatic rings. The normalized spacial score (nSPS) is 10.1. The van der Waals surface area contributed by atoms with Gasteiger partial charge in [-0.05, 0) is 65.1 Å². The Balaban J connectivity index is 2.28. The topological polar surface area (TPSA) is 69.2 Å². The summed E-state index contributed by atoms with van der Waals surface area (Å²) in [4.78, 5) is 23.0. The number of amides is 1. The second-order valence-corrected chi connectivity index (χ2v) is 5.18. The number of hydrogen-bond acceptors (Lipinski definition) is 3. The Morgan fingerprint density at radius 2 is 1.75 bits per heavy atom. The molecule has 102 valence electrons. The lowest BCUT2D eigenvalue weighted by Crippen LogP contribution is -2.25. The zero-order chi connectivity index (χ0) is 14.7. The number of nitrogens with one attached hydrogen (secondary N) is 1. The third-order valence-electron chi connectivity index (χ3n) is 2.56. The lowest BCUT2D eigenvalue weighted by atomic mass is 10.1. The van der Waals surface area contributed by atoms with Gasteiger partial charge in [-0.2, -0.15) is 0 Å². The first kappa shape index (κ1) is 14.4. The lowest BCUT2D eigenvalue weighted by Gasteiger charge is -2.12. The van der Waals surface area contributed by atoms with Gasteiger partial charge >= 0.3 is 0 Å². The van der Waals surface area contributed by atoms with Crippen LogP contribution in [0.25, 0.3) is 0 Å². The summed E-state index contributed by atoms with van der Waals surface area (Å²) in [6.07, 6.45) is 0. The molecule has 0 atom stereocenters. The largest absolute Gasteiger partial charge is 0.545 e. The van der Waals surface area contributed by atoms with Crippen LogP contribution in [0.3, 0.4) is 0 Å². The molecule has 2 aromatic carbocycles. The van der Waals surface area contributed by atoms with E-state index in [1.165, 1.54) is 24.3 Å². The van der Waals surface area contributed by atoms with Crippen LogP contribution < -0.4 is 10.4 Å². The van der Waals surface area contributed by atoms with Gasteiger partial charge < -0.3 is 15.2 Å². The highest BCUT2D eigenvalue weighted by molar-refractivity contribution is 14.1. The third-order valence-corrected chi connectivity index (χ3v) is 3.23. The number of anilines is 1. The number of benzene rings is 2. The Morgan fingerprint density at radius 1 is 1.10 bits per heavy atom. The highest BCUT2D eigenvalue weighted by Crippen LogP contribution is 2.19. The fourth-order valence-corrected chi connectivity index (χ4v) is 2.08. The third kappa shape index (κ3) is 3.32. The van der Waals surface area contributed by atoms with Crippen LogP contribution in [0.15, 0.2) is 42.5 Å². The molecule has 6 heteroatoms. The molecule has 0 fully saturated rings. The predicted octanol–water partition coefficient (Wildman–Crippen LogP) is 2.05. The van der Waals surface area contributed by atoms with Gasteiger partial charge in [-0.25, -0.2) is 4.39 Å². The number of carboxylic acids is 1. The summed E-state index contributed by atoms with van der Waals surface area (Å²) in [5.41, 5.74) is 0.265. The van der Waals surface area contributed by atoms with Crippen molar-refractivity contribution in [3.05, 3.63) is 63.0 Å². The Labute approximate surface area is 127 Å². The fourth-order valence-electron chi connectivity index (χ4n) is 1.59. The van der Waals surface area contributed by atoms with Crippen molar-refractivity contribution in [3.8, 4) is 0 Å². The number of rotatable bonds is 3. The van der Waals surface area contributed by atoms with Crippen molar-refractivity contribution >= 4 is 40.2 Å². The van der Waals surface area contributed by atoms with Crippen molar-refractivity contribution in [2.24, 2.45) is 0 Å². The molecule has 1 N–H and O–H groups in total. The monoisotopic (exact) mass is 384 g/mol. The van der Waals surface area contributed by atoms with Crippen LogP contribution in [-0.2, 0) is 0 Å². The molecule has 0 radical (unpaired) electrons. The van der Waals surface area contributed by atoms with Crippen molar-refractivity contribution in [2.75, 3.05) is 5.32 Å². The van der Waals surface area contributed by atoms with E-state index in [9.17, 15) is 19.1 Å². The van der Waals surface area contributed by atoms with Crippen LogP contribution >= 0.6 is 22.6 Å². The smallest absolute Gasteiger partial charge is 0.255 e. The van der Waals surface area contributed by atoms with E-state index in [-0.39, 0.29) is 16.8 Å². The van der Waals surface area contributed by atoms with E-state index in [2.05, 4.69) is 5.32 Å². The first-order chi connectivity index (χ1) is 9.47. The molecule has 0 aromatic heterocycles. The van der Waals surface area contributed by atoms with Gasteiger partial charge in [-0.3, -0.25) is 4.79 Å². The van der Waals surface area contributed by atoms with Crippen molar-refractivity contribution in [3.63, 3.8) is 0 Å². The summed E-state index contributed by atoms with van der Waals surface area (Å²) in [5.74, 6) is -2.35. The molecule has 0 saturated heterocycles. The Hall–Kier alpha value is -1.96. The van der Waals surface area contributed by atoms with Crippen LogP contribution in [0.4, 0.5) is 10.1 Å². The molecule has 2 rings (SSSR count). The molecular weight excluding hydrogens is 376 g/mol. The van der Waals surface area contributed by atoms with E-state index in [1.54, 1.807) is 6.07 Å². The van der Waals surface area contributed by atoms with E-state index >= 15 is 0 Å². The molecule has 0 aliphatic carbocycles. The van der Waals surface area contributed by atoms with Crippen LogP contribution in [0.2, 0.25) is 0 Å². The molecule has 0 saturated carbocycles. The number of aromatic carboxylic acids is 1. The highest BCUT2D eigenvalue weighted by atomic mass is 127. The molecule has 1 amide bonds. The number of carbonyl (C=O) groups excluding carboxylic acids is 2. The molecule has 0 unspecified atom stereocenters. The van der Waals surface area contributed by atoms with Gasteiger partial charge in [0.2, 0.25) is 0 Å². The molecule has 0 bridgehead atoms. The first-order valence-corrected chi connectivity index (χ1v) is 6.63. The van der Waals surface area contributed by atoms with E-state index in [4.69, 9.17) is 0 Å². The fraction of sp³-hybridized carbons (Fsp3) is 0. The maximum atomic E-state index is 12.8. The van der Waals surface area contributed by atoms with Crippen molar-refractivity contribution in [1.29, 1.82) is 0 Å². The molecular formula is C14H8FINO3-. The zero-order valence-corrected chi connectivity index (χ0v) is 12.2. The zero-order valence-electron chi connectivity index (χ0n) is 10.0. The summed E-state index contributed by atoms with van der Waals surface area (Å²) in [7, 11) is 0. The molecule has 4 nitrogen and oxygen atoms in total. The molecule has 2 aromatic rings. The van der Waals surface area contributed by atoms with E-state index in [0.29, 0.717) is 3.57 Å². The maximum absolute atomic E-state index is 12.8. The highest BCUT2D eigenvalue weighted by Gasteiger charge is 2.10.